The van der Waals surface area contributed by atoms with Crippen LogP contribution in [0.25, 0.3) is 0 Å². The van der Waals surface area contributed by atoms with Gasteiger partial charge in [0, 0.05) is 10.5 Å². The molecule has 0 bridgehead atoms. The van der Waals surface area contributed by atoms with Gasteiger partial charge in [-0.1, -0.05) is 12.1 Å². The highest BCUT2D eigenvalue weighted by atomic mass is 32.2. The first-order chi connectivity index (χ1) is 9.08. The molecule has 0 unspecified atom stereocenters. The molecular formula is C14H9F3OS. The quantitative estimate of drug-likeness (QED) is 0.621. The van der Waals surface area contributed by atoms with Gasteiger partial charge in [-0.3, -0.25) is 4.79 Å². The average molecular weight is 282 g/mol. The third-order valence-electron chi connectivity index (χ3n) is 2.44. The van der Waals surface area contributed by atoms with Gasteiger partial charge in [-0.2, -0.15) is 0 Å². The molecule has 0 aliphatic carbocycles. The lowest BCUT2D eigenvalue weighted by molar-refractivity contribution is 0.102. The molecule has 2 rings (SSSR count). The highest BCUT2D eigenvalue weighted by Gasteiger charge is 2.11. The summed E-state index contributed by atoms with van der Waals surface area (Å²) in [5, 5.41) is 0. The fourth-order valence-electron chi connectivity index (χ4n) is 1.46. The molecule has 0 atom stereocenters. The van der Waals surface area contributed by atoms with Gasteiger partial charge in [0.05, 0.1) is 5.75 Å². The number of benzene rings is 2. The monoisotopic (exact) mass is 282 g/mol. The largest absolute Gasteiger partial charge is 0.293 e. The predicted molar refractivity (Wildman–Crippen MR) is 67.8 cm³/mol. The number of rotatable bonds is 4. The van der Waals surface area contributed by atoms with Gasteiger partial charge in [-0.15, -0.1) is 11.8 Å². The maximum atomic E-state index is 13.3. The number of ketones is 1. The first-order valence-corrected chi connectivity index (χ1v) is 6.42. The zero-order valence-electron chi connectivity index (χ0n) is 9.70. The minimum atomic E-state index is -1.07. The Morgan fingerprint density at radius 1 is 0.947 bits per heavy atom. The molecule has 0 radical (unpaired) electrons. The second-order valence-corrected chi connectivity index (χ2v) is 4.79. The SMILES string of the molecule is O=C(CSc1ccccc1F)c1ccc(F)c(F)c1. The Bertz CT molecular complexity index is 613. The molecule has 0 amide bonds. The molecule has 0 fully saturated rings. The fourth-order valence-corrected chi connectivity index (χ4v) is 2.29. The first kappa shape index (κ1) is 13.7. The number of hydrogen-bond donors (Lipinski definition) is 0. The third kappa shape index (κ3) is 3.38. The van der Waals surface area contributed by atoms with Crippen LogP contribution in [0.5, 0.6) is 0 Å². The number of Topliss-reactive ketones (excluding diaryl/α,β-unsaturated/α-hetero) is 1. The topological polar surface area (TPSA) is 17.1 Å². The van der Waals surface area contributed by atoms with Crippen molar-refractivity contribution >= 4 is 17.5 Å². The molecule has 1 nitrogen and oxygen atoms in total. The Morgan fingerprint density at radius 2 is 1.68 bits per heavy atom. The summed E-state index contributed by atoms with van der Waals surface area (Å²) in [6.07, 6.45) is 0. The van der Waals surface area contributed by atoms with Gasteiger partial charge in [0.2, 0.25) is 0 Å². The van der Waals surface area contributed by atoms with Gasteiger partial charge in [-0.05, 0) is 30.3 Å². The van der Waals surface area contributed by atoms with Crippen molar-refractivity contribution in [2.75, 3.05) is 5.75 Å². The number of hydrogen-bond acceptors (Lipinski definition) is 2. The third-order valence-corrected chi connectivity index (χ3v) is 3.49. The molecule has 0 aromatic heterocycles. The van der Waals surface area contributed by atoms with Gasteiger partial charge >= 0.3 is 0 Å². The van der Waals surface area contributed by atoms with Crippen LogP contribution in [0.4, 0.5) is 13.2 Å². The van der Waals surface area contributed by atoms with Crippen molar-refractivity contribution in [2.45, 2.75) is 4.90 Å². The second-order valence-electron chi connectivity index (χ2n) is 3.77. The lowest BCUT2D eigenvalue weighted by Gasteiger charge is -2.03. The van der Waals surface area contributed by atoms with Crippen molar-refractivity contribution in [1.29, 1.82) is 0 Å². The van der Waals surface area contributed by atoms with E-state index in [1.807, 2.05) is 0 Å². The Morgan fingerprint density at radius 3 is 2.37 bits per heavy atom. The highest BCUT2D eigenvalue weighted by molar-refractivity contribution is 8.00. The lowest BCUT2D eigenvalue weighted by atomic mass is 10.1. The van der Waals surface area contributed by atoms with Crippen LogP contribution in [0.2, 0.25) is 0 Å². The van der Waals surface area contributed by atoms with Crippen molar-refractivity contribution in [3.8, 4) is 0 Å². The predicted octanol–water partition coefficient (Wildman–Crippen LogP) is 4.08. The van der Waals surface area contributed by atoms with Crippen molar-refractivity contribution in [1.82, 2.24) is 0 Å². The molecule has 0 heterocycles. The standard InChI is InChI=1S/C14H9F3OS/c15-10-6-5-9(7-12(10)17)13(18)8-19-14-4-2-1-3-11(14)16/h1-7H,8H2. The minimum absolute atomic E-state index is 0.0357. The average Bonchev–Trinajstić information content (AvgIpc) is 2.40. The zero-order valence-corrected chi connectivity index (χ0v) is 10.5. The second kappa shape index (κ2) is 5.93. The number of halogens is 3. The van der Waals surface area contributed by atoms with Gasteiger partial charge in [0.25, 0.3) is 0 Å². The van der Waals surface area contributed by atoms with E-state index in [1.54, 1.807) is 18.2 Å². The van der Waals surface area contributed by atoms with Crippen LogP contribution in [0, 0.1) is 17.5 Å². The van der Waals surface area contributed by atoms with E-state index < -0.39 is 17.5 Å². The first-order valence-electron chi connectivity index (χ1n) is 5.43. The van der Waals surface area contributed by atoms with E-state index in [1.165, 1.54) is 12.1 Å². The normalized spacial score (nSPS) is 10.5. The van der Waals surface area contributed by atoms with Crippen molar-refractivity contribution in [3.05, 3.63) is 65.5 Å². The molecule has 0 N–H and O–H groups in total. The highest BCUT2D eigenvalue weighted by Crippen LogP contribution is 2.22. The van der Waals surface area contributed by atoms with E-state index in [-0.39, 0.29) is 17.1 Å². The zero-order chi connectivity index (χ0) is 13.8. The summed E-state index contributed by atoms with van der Waals surface area (Å²) in [6.45, 7) is 0. The fraction of sp³-hybridized carbons (Fsp3) is 0.0714. The van der Waals surface area contributed by atoms with Crippen LogP contribution in [0.1, 0.15) is 10.4 Å². The van der Waals surface area contributed by atoms with E-state index in [9.17, 15) is 18.0 Å². The summed E-state index contributed by atoms with van der Waals surface area (Å²) in [7, 11) is 0. The molecule has 0 spiro atoms. The Kier molecular flexibility index (Phi) is 4.27. The summed E-state index contributed by atoms with van der Waals surface area (Å²) in [5.41, 5.74) is 0.0720. The summed E-state index contributed by atoms with van der Waals surface area (Å²) in [5.74, 6) is -2.90. The molecule has 0 saturated carbocycles. The summed E-state index contributed by atoms with van der Waals surface area (Å²) in [4.78, 5) is 12.1. The van der Waals surface area contributed by atoms with Crippen LogP contribution < -0.4 is 0 Å². The maximum absolute atomic E-state index is 13.3. The Labute approximate surface area is 112 Å². The van der Waals surface area contributed by atoms with Crippen molar-refractivity contribution in [2.24, 2.45) is 0 Å². The molecule has 2 aromatic rings. The number of thioether (sulfide) groups is 1. The molecule has 2 aromatic carbocycles. The molecule has 98 valence electrons. The van der Waals surface area contributed by atoms with Gasteiger partial charge in [0.15, 0.2) is 17.4 Å². The van der Waals surface area contributed by atoms with Crippen LogP contribution in [-0.2, 0) is 0 Å². The van der Waals surface area contributed by atoms with Gasteiger partial charge in [0.1, 0.15) is 5.82 Å². The van der Waals surface area contributed by atoms with E-state index >= 15 is 0 Å². The van der Waals surface area contributed by atoms with Crippen LogP contribution in [-0.4, -0.2) is 11.5 Å². The Balaban J connectivity index is 2.05. The molecule has 0 aliphatic rings. The van der Waals surface area contributed by atoms with Crippen molar-refractivity contribution in [3.63, 3.8) is 0 Å². The smallest absolute Gasteiger partial charge is 0.173 e. The van der Waals surface area contributed by atoms with Crippen LogP contribution in [0.3, 0.4) is 0 Å². The van der Waals surface area contributed by atoms with E-state index in [0.717, 1.165) is 23.9 Å². The van der Waals surface area contributed by atoms with Crippen LogP contribution >= 0.6 is 11.8 Å². The number of carbonyl (C=O) groups excluding carboxylic acids is 1. The molecule has 5 heteroatoms. The van der Waals surface area contributed by atoms with Gasteiger partial charge in [-0.25, -0.2) is 13.2 Å². The Hall–Kier alpha value is -1.75. The molecular weight excluding hydrogens is 273 g/mol. The molecule has 0 aliphatic heterocycles. The summed E-state index contributed by atoms with van der Waals surface area (Å²) in [6, 6.07) is 9.02. The van der Waals surface area contributed by atoms with E-state index in [2.05, 4.69) is 0 Å². The van der Waals surface area contributed by atoms with Crippen molar-refractivity contribution < 1.29 is 18.0 Å². The number of carbonyl (C=O) groups is 1. The van der Waals surface area contributed by atoms with Crippen LogP contribution in [0.15, 0.2) is 47.4 Å². The van der Waals surface area contributed by atoms with E-state index in [4.69, 9.17) is 0 Å². The summed E-state index contributed by atoms with van der Waals surface area (Å²) >= 11 is 1.02. The van der Waals surface area contributed by atoms with E-state index in [0.29, 0.717) is 4.90 Å². The lowest BCUT2D eigenvalue weighted by Crippen LogP contribution is -2.03. The van der Waals surface area contributed by atoms with Gasteiger partial charge < -0.3 is 0 Å². The maximum Gasteiger partial charge on any atom is 0.173 e. The molecule has 0 saturated heterocycles. The minimum Gasteiger partial charge on any atom is -0.293 e. The molecule has 19 heavy (non-hydrogen) atoms. The summed E-state index contributed by atoms with van der Waals surface area (Å²) < 4.78 is 39.0.